The maximum absolute atomic E-state index is 11.1. The molecule has 0 saturated carbocycles. The van der Waals surface area contributed by atoms with Crippen LogP contribution in [0, 0.1) is 0 Å². The monoisotopic (exact) mass is 267 g/mol. The Kier molecular flexibility index (Phi) is 6.12. The van der Waals surface area contributed by atoms with E-state index >= 15 is 0 Å². The van der Waals surface area contributed by atoms with E-state index in [1.54, 1.807) is 13.0 Å². The molecule has 0 aliphatic carbocycles. The van der Waals surface area contributed by atoms with Crippen molar-refractivity contribution in [2.45, 2.75) is 46.1 Å². The van der Waals surface area contributed by atoms with Crippen molar-refractivity contribution in [1.82, 2.24) is 0 Å². The number of esters is 1. The Morgan fingerprint density at radius 1 is 1.53 bits per heavy atom. The van der Waals surface area contributed by atoms with Crippen LogP contribution in [-0.2, 0) is 16.0 Å². The van der Waals surface area contributed by atoms with Crippen LogP contribution in [0.4, 0.5) is 0 Å². The average Bonchev–Trinajstić information content (AvgIpc) is 2.76. The molecule has 0 aliphatic rings. The third-order valence-corrected chi connectivity index (χ3v) is 2.56. The molecule has 0 fully saturated rings. The maximum Gasteiger partial charge on any atom is 0.310 e. The molecule has 1 rings (SSSR count). The SMILES string of the molecule is CCCC(C)N=C(C)Oc1cc(CC(=O)OC)co1. The first-order valence-corrected chi connectivity index (χ1v) is 6.41. The Labute approximate surface area is 113 Å². The predicted octanol–water partition coefficient (Wildman–Crippen LogP) is 2.98. The smallest absolute Gasteiger partial charge is 0.310 e. The Morgan fingerprint density at radius 2 is 2.26 bits per heavy atom. The lowest BCUT2D eigenvalue weighted by Crippen LogP contribution is -2.08. The van der Waals surface area contributed by atoms with Crippen molar-refractivity contribution in [2.75, 3.05) is 7.11 Å². The molecule has 0 amide bonds. The number of ether oxygens (including phenoxy) is 2. The largest absolute Gasteiger partial charge is 0.469 e. The number of hydrogen-bond acceptors (Lipinski definition) is 5. The fraction of sp³-hybridized carbons (Fsp3) is 0.571. The normalized spacial score (nSPS) is 13.2. The molecule has 5 nitrogen and oxygen atoms in total. The van der Waals surface area contributed by atoms with E-state index in [1.165, 1.54) is 13.4 Å². The number of furan rings is 1. The molecular weight excluding hydrogens is 246 g/mol. The van der Waals surface area contributed by atoms with Gasteiger partial charge in [0.25, 0.3) is 5.95 Å². The third kappa shape index (κ3) is 5.59. The van der Waals surface area contributed by atoms with Crippen molar-refractivity contribution in [3.8, 4) is 5.95 Å². The highest BCUT2D eigenvalue weighted by molar-refractivity contribution is 5.76. The zero-order valence-corrected chi connectivity index (χ0v) is 11.9. The van der Waals surface area contributed by atoms with Gasteiger partial charge < -0.3 is 13.9 Å². The van der Waals surface area contributed by atoms with Gasteiger partial charge in [-0.3, -0.25) is 9.79 Å². The standard InChI is InChI=1S/C14H21NO4/c1-5-6-10(2)15-11(3)19-14-8-12(9-18-14)7-13(16)17-4/h8-10H,5-7H2,1-4H3. The first kappa shape index (κ1) is 15.3. The number of carbonyl (C=O) groups is 1. The summed E-state index contributed by atoms with van der Waals surface area (Å²) >= 11 is 0. The van der Waals surface area contributed by atoms with Gasteiger partial charge in [0.1, 0.15) is 0 Å². The molecule has 1 aromatic rings. The third-order valence-electron chi connectivity index (χ3n) is 2.56. The molecule has 1 aromatic heterocycles. The second kappa shape index (κ2) is 7.61. The van der Waals surface area contributed by atoms with Crippen molar-refractivity contribution in [3.63, 3.8) is 0 Å². The van der Waals surface area contributed by atoms with Crippen molar-refractivity contribution in [2.24, 2.45) is 4.99 Å². The van der Waals surface area contributed by atoms with Gasteiger partial charge in [0.2, 0.25) is 0 Å². The second-order valence-electron chi connectivity index (χ2n) is 4.41. The minimum absolute atomic E-state index is 0.172. The summed E-state index contributed by atoms with van der Waals surface area (Å²) in [5.41, 5.74) is 0.719. The molecule has 1 atom stereocenters. The summed E-state index contributed by atoms with van der Waals surface area (Å²) in [6.07, 6.45) is 3.76. The molecular formula is C14H21NO4. The molecule has 106 valence electrons. The number of methoxy groups -OCH3 is 1. The summed E-state index contributed by atoms with van der Waals surface area (Å²) in [4.78, 5) is 15.5. The van der Waals surface area contributed by atoms with E-state index in [2.05, 4.69) is 16.7 Å². The van der Waals surface area contributed by atoms with Crippen molar-refractivity contribution >= 4 is 11.9 Å². The Morgan fingerprint density at radius 3 is 2.89 bits per heavy atom. The van der Waals surface area contributed by atoms with Crippen LogP contribution in [0.25, 0.3) is 0 Å². The molecule has 0 aliphatic heterocycles. The summed E-state index contributed by atoms with van der Waals surface area (Å²) in [5, 5.41) is 0. The van der Waals surface area contributed by atoms with Gasteiger partial charge in [-0.1, -0.05) is 13.3 Å². The lowest BCUT2D eigenvalue weighted by molar-refractivity contribution is -0.139. The van der Waals surface area contributed by atoms with Crippen LogP contribution in [0.1, 0.15) is 39.2 Å². The molecule has 19 heavy (non-hydrogen) atoms. The zero-order chi connectivity index (χ0) is 14.3. The van der Waals surface area contributed by atoms with Gasteiger partial charge in [-0.05, 0) is 13.3 Å². The number of carbonyl (C=O) groups excluding carboxylic acids is 1. The van der Waals surface area contributed by atoms with Gasteiger partial charge in [0, 0.05) is 18.6 Å². The van der Waals surface area contributed by atoms with E-state index in [4.69, 9.17) is 9.15 Å². The molecule has 0 N–H and O–H groups in total. The van der Waals surface area contributed by atoms with Crippen LogP contribution in [0.3, 0.4) is 0 Å². The first-order valence-electron chi connectivity index (χ1n) is 6.41. The fourth-order valence-electron chi connectivity index (χ4n) is 1.70. The Bertz CT molecular complexity index is 436. The molecule has 0 radical (unpaired) electrons. The molecule has 5 heteroatoms. The molecule has 1 unspecified atom stereocenters. The van der Waals surface area contributed by atoms with E-state index < -0.39 is 0 Å². The first-order chi connectivity index (χ1) is 9.05. The lowest BCUT2D eigenvalue weighted by atomic mass is 10.2. The van der Waals surface area contributed by atoms with Crippen LogP contribution in [0.2, 0.25) is 0 Å². The van der Waals surface area contributed by atoms with Gasteiger partial charge >= 0.3 is 5.97 Å². The van der Waals surface area contributed by atoms with E-state index in [1.807, 2.05) is 6.92 Å². The lowest BCUT2D eigenvalue weighted by Gasteiger charge is -2.06. The number of aliphatic imine (C=N–C) groups is 1. The van der Waals surface area contributed by atoms with Gasteiger partial charge in [-0.2, -0.15) is 0 Å². The minimum atomic E-state index is -0.311. The quantitative estimate of drug-likeness (QED) is 0.451. The molecule has 0 bridgehead atoms. The second-order valence-corrected chi connectivity index (χ2v) is 4.41. The maximum atomic E-state index is 11.1. The van der Waals surface area contributed by atoms with Crippen molar-refractivity contribution < 1.29 is 18.7 Å². The van der Waals surface area contributed by atoms with Gasteiger partial charge in [0.15, 0.2) is 5.90 Å². The van der Waals surface area contributed by atoms with E-state index in [0.29, 0.717) is 11.8 Å². The highest BCUT2D eigenvalue weighted by Gasteiger charge is 2.09. The van der Waals surface area contributed by atoms with Crippen molar-refractivity contribution in [1.29, 1.82) is 0 Å². The van der Waals surface area contributed by atoms with Crippen LogP contribution in [0.15, 0.2) is 21.7 Å². The molecule has 0 spiro atoms. The summed E-state index contributed by atoms with van der Waals surface area (Å²) in [6.45, 7) is 5.95. The number of nitrogens with zero attached hydrogens (tertiary/aromatic N) is 1. The van der Waals surface area contributed by atoms with Gasteiger partial charge in [-0.15, -0.1) is 0 Å². The van der Waals surface area contributed by atoms with Crippen LogP contribution >= 0.6 is 0 Å². The average molecular weight is 267 g/mol. The summed E-state index contributed by atoms with van der Waals surface area (Å²) in [5.74, 6) is 0.582. The van der Waals surface area contributed by atoms with E-state index in [0.717, 1.165) is 18.4 Å². The number of hydrogen-bond donors (Lipinski definition) is 0. The number of rotatable bonds is 6. The fourth-order valence-corrected chi connectivity index (χ4v) is 1.70. The Balaban J connectivity index is 2.55. The van der Waals surface area contributed by atoms with Crippen molar-refractivity contribution in [3.05, 3.63) is 17.9 Å². The highest BCUT2D eigenvalue weighted by Crippen LogP contribution is 2.17. The highest BCUT2D eigenvalue weighted by atomic mass is 16.6. The van der Waals surface area contributed by atoms with Gasteiger partial charge in [0.05, 0.1) is 25.8 Å². The van der Waals surface area contributed by atoms with E-state index in [9.17, 15) is 4.79 Å². The zero-order valence-electron chi connectivity index (χ0n) is 11.9. The van der Waals surface area contributed by atoms with Crippen LogP contribution < -0.4 is 4.74 Å². The van der Waals surface area contributed by atoms with Crippen LogP contribution in [-0.4, -0.2) is 25.0 Å². The summed E-state index contributed by atoms with van der Waals surface area (Å²) in [6, 6.07) is 1.90. The summed E-state index contributed by atoms with van der Waals surface area (Å²) in [7, 11) is 1.35. The van der Waals surface area contributed by atoms with E-state index in [-0.39, 0.29) is 18.4 Å². The molecule has 0 aromatic carbocycles. The molecule has 1 heterocycles. The minimum Gasteiger partial charge on any atom is -0.469 e. The molecule has 0 saturated heterocycles. The predicted molar refractivity (Wildman–Crippen MR) is 72.5 cm³/mol. The van der Waals surface area contributed by atoms with Gasteiger partial charge in [-0.25, -0.2) is 0 Å². The topological polar surface area (TPSA) is 61.0 Å². The van der Waals surface area contributed by atoms with Crippen LogP contribution in [0.5, 0.6) is 5.95 Å². The summed E-state index contributed by atoms with van der Waals surface area (Å²) < 4.78 is 15.2. The Hall–Kier alpha value is -1.78.